The minimum Gasteiger partial charge on any atom is -0.444 e. The molecule has 1 heterocycles. The van der Waals surface area contributed by atoms with E-state index in [2.05, 4.69) is 20.9 Å². The van der Waals surface area contributed by atoms with Crippen molar-refractivity contribution in [1.82, 2.24) is 16.0 Å². The summed E-state index contributed by atoms with van der Waals surface area (Å²) >= 11 is 0. The second-order valence-electron chi connectivity index (χ2n) is 7.62. The summed E-state index contributed by atoms with van der Waals surface area (Å²) in [7, 11) is -1.82. The molecule has 1 aliphatic heterocycles. The highest BCUT2D eigenvalue weighted by atomic mass is 32.2. The van der Waals surface area contributed by atoms with Crippen molar-refractivity contribution in [3.63, 3.8) is 0 Å². The number of benzene rings is 1. The van der Waals surface area contributed by atoms with E-state index in [1.807, 2.05) is 24.3 Å². The topological polar surface area (TPSA) is 112 Å². The Hall–Kier alpha value is -2.49. The van der Waals surface area contributed by atoms with Crippen LogP contribution in [0, 0.1) is 0 Å². The fraction of sp³-hybridized carbons (Fsp3) is 0.579. The molecule has 1 aromatic carbocycles. The molecule has 10 heteroatoms. The average molecular weight is 426 g/mol. The van der Waals surface area contributed by atoms with Crippen LogP contribution in [0.3, 0.4) is 0 Å². The van der Waals surface area contributed by atoms with Gasteiger partial charge >= 0.3 is 6.09 Å². The molecule has 29 heavy (non-hydrogen) atoms. The van der Waals surface area contributed by atoms with Crippen LogP contribution in [0.25, 0.3) is 0 Å². The quantitative estimate of drug-likeness (QED) is 0.342. The van der Waals surface area contributed by atoms with E-state index in [-0.39, 0.29) is 12.3 Å². The lowest BCUT2D eigenvalue weighted by molar-refractivity contribution is 0.0529. The largest absolute Gasteiger partial charge is 0.444 e. The predicted molar refractivity (Wildman–Crippen MR) is 115 cm³/mol. The number of rotatable bonds is 7. The normalized spacial score (nSPS) is 14.3. The van der Waals surface area contributed by atoms with Gasteiger partial charge in [-0.1, -0.05) is 18.2 Å². The zero-order chi connectivity index (χ0) is 21.5. The van der Waals surface area contributed by atoms with Crippen LogP contribution in [-0.2, 0) is 21.2 Å². The van der Waals surface area contributed by atoms with E-state index in [1.54, 1.807) is 27.8 Å². The second-order valence-corrected chi connectivity index (χ2v) is 9.63. The maximum atomic E-state index is 12.7. The number of fused-ring (bicyclic) bond motifs is 1. The summed E-state index contributed by atoms with van der Waals surface area (Å²) in [6, 6.07) is 7.57. The molecule has 9 nitrogen and oxygen atoms in total. The van der Waals surface area contributed by atoms with Gasteiger partial charge in [-0.2, -0.15) is 0 Å². The van der Waals surface area contributed by atoms with Crippen molar-refractivity contribution in [2.75, 3.05) is 43.3 Å². The third-order valence-corrected chi connectivity index (χ3v) is 5.91. The minimum atomic E-state index is -3.42. The zero-order valence-electron chi connectivity index (χ0n) is 17.5. The van der Waals surface area contributed by atoms with Crippen molar-refractivity contribution in [3.05, 3.63) is 29.8 Å². The Kier molecular flexibility index (Phi) is 7.72. The van der Waals surface area contributed by atoms with Crippen LogP contribution in [0.15, 0.2) is 29.3 Å². The van der Waals surface area contributed by atoms with Crippen molar-refractivity contribution in [3.8, 4) is 0 Å². The lowest BCUT2D eigenvalue weighted by Gasteiger charge is -2.20. The molecule has 0 saturated heterocycles. The first-order chi connectivity index (χ1) is 13.6. The highest BCUT2D eigenvalue weighted by Gasteiger charge is 2.28. The number of anilines is 1. The molecular formula is C19H31N5O4S. The van der Waals surface area contributed by atoms with Crippen LogP contribution >= 0.6 is 0 Å². The Labute approximate surface area is 173 Å². The van der Waals surface area contributed by atoms with Crippen molar-refractivity contribution in [2.24, 2.45) is 4.99 Å². The zero-order valence-corrected chi connectivity index (χ0v) is 18.3. The number of hydrogen-bond donors (Lipinski definition) is 3. The maximum Gasteiger partial charge on any atom is 0.407 e. The second kappa shape index (κ2) is 9.82. The van der Waals surface area contributed by atoms with E-state index in [1.165, 1.54) is 4.31 Å². The molecule has 0 saturated carbocycles. The SMILES string of the molecule is CN=C(NCCNC(=O)OC(C)(C)C)NCCS(=O)(=O)N1CCc2ccccc21. The van der Waals surface area contributed by atoms with Crippen molar-refractivity contribution >= 4 is 27.8 Å². The van der Waals surface area contributed by atoms with E-state index < -0.39 is 21.7 Å². The van der Waals surface area contributed by atoms with E-state index >= 15 is 0 Å². The first-order valence-electron chi connectivity index (χ1n) is 9.62. The molecule has 0 spiro atoms. The molecule has 0 radical (unpaired) electrons. The number of sulfonamides is 1. The third kappa shape index (κ3) is 7.12. The number of guanidine groups is 1. The molecular weight excluding hydrogens is 394 g/mol. The summed E-state index contributed by atoms with van der Waals surface area (Å²) < 4.78 is 32.0. The standard InChI is InChI=1S/C19H31N5O4S/c1-19(2,3)28-18(25)23-11-10-21-17(20-4)22-12-14-29(26,27)24-13-9-15-7-5-6-8-16(15)24/h5-8H,9-14H2,1-4H3,(H,23,25)(H2,20,21,22). The molecule has 3 N–H and O–H groups in total. The van der Waals surface area contributed by atoms with Gasteiger partial charge in [0.15, 0.2) is 5.96 Å². The first-order valence-corrected chi connectivity index (χ1v) is 11.2. The Bertz CT molecular complexity index is 833. The smallest absolute Gasteiger partial charge is 0.407 e. The van der Waals surface area contributed by atoms with Crippen LogP contribution < -0.4 is 20.3 Å². The third-order valence-electron chi connectivity index (χ3n) is 4.14. The van der Waals surface area contributed by atoms with E-state index in [4.69, 9.17) is 4.74 Å². The van der Waals surface area contributed by atoms with Crippen LogP contribution in [0.2, 0.25) is 0 Å². The number of aliphatic imine (C=N–C) groups is 1. The number of para-hydroxylation sites is 1. The monoisotopic (exact) mass is 425 g/mol. The molecule has 1 aliphatic rings. The highest BCUT2D eigenvalue weighted by Crippen LogP contribution is 2.29. The van der Waals surface area contributed by atoms with Crippen LogP contribution in [0.4, 0.5) is 10.5 Å². The van der Waals surface area contributed by atoms with Gasteiger partial charge in [-0.25, -0.2) is 13.2 Å². The highest BCUT2D eigenvalue weighted by molar-refractivity contribution is 7.92. The van der Waals surface area contributed by atoms with Gasteiger partial charge in [0.2, 0.25) is 10.0 Å². The molecule has 0 aliphatic carbocycles. The van der Waals surface area contributed by atoms with Gasteiger partial charge in [0.05, 0.1) is 11.4 Å². The van der Waals surface area contributed by atoms with Crippen molar-refractivity contribution in [2.45, 2.75) is 32.8 Å². The van der Waals surface area contributed by atoms with E-state index in [0.717, 1.165) is 17.7 Å². The van der Waals surface area contributed by atoms with Gasteiger partial charge < -0.3 is 20.7 Å². The molecule has 0 fully saturated rings. The Balaban J connectivity index is 1.72. The number of nitrogens with zero attached hydrogens (tertiary/aromatic N) is 2. The summed E-state index contributed by atoms with van der Waals surface area (Å²) in [4.78, 5) is 15.6. The lowest BCUT2D eigenvalue weighted by Crippen LogP contribution is -2.44. The van der Waals surface area contributed by atoms with E-state index in [9.17, 15) is 13.2 Å². The molecule has 0 unspecified atom stereocenters. The van der Waals surface area contributed by atoms with Gasteiger partial charge in [0, 0.05) is 33.2 Å². The average Bonchev–Trinajstić information content (AvgIpc) is 3.07. The lowest BCUT2D eigenvalue weighted by atomic mass is 10.2. The predicted octanol–water partition coefficient (Wildman–Crippen LogP) is 1.07. The number of alkyl carbamates (subject to hydrolysis) is 1. The number of nitrogens with one attached hydrogen (secondary N) is 3. The molecule has 0 atom stereocenters. The number of hydrogen-bond acceptors (Lipinski definition) is 5. The fourth-order valence-corrected chi connectivity index (χ4v) is 4.31. The molecule has 2 rings (SSSR count). The molecule has 1 aromatic rings. The summed E-state index contributed by atoms with van der Waals surface area (Å²) in [5.74, 6) is 0.422. The van der Waals surface area contributed by atoms with Crippen molar-refractivity contribution < 1.29 is 17.9 Å². The van der Waals surface area contributed by atoms with Crippen molar-refractivity contribution in [1.29, 1.82) is 0 Å². The number of carbonyl (C=O) groups is 1. The summed E-state index contributed by atoms with van der Waals surface area (Å²) in [5.41, 5.74) is 1.28. The Morgan fingerprint density at radius 3 is 2.48 bits per heavy atom. The molecule has 0 bridgehead atoms. The van der Waals surface area contributed by atoms with Crippen LogP contribution in [0.1, 0.15) is 26.3 Å². The van der Waals surface area contributed by atoms with Crippen LogP contribution in [-0.4, -0.2) is 65.1 Å². The van der Waals surface area contributed by atoms with Crippen LogP contribution in [0.5, 0.6) is 0 Å². The Morgan fingerprint density at radius 1 is 1.14 bits per heavy atom. The van der Waals surface area contributed by atoms with Gasteiger partial charge in [-0.3, -0.25) is 9.30 Å². The number of amides is 1. The summed E-state index contributed by atoms with van der Waals surface area (Å²) in [6.45, 7) is 6.86. The fourth-order valence-electron chi connectivity index (χ4n) is 2.89. The molecule has 1 amide bonds. The minimum absolute atomic E-state index is 0.0435. The maximum absolute atomic E-state index is 12.7. The number of carbonyl (C=O) groups excluding carboxylic acids is 1. The van der Waals surface area contributed by atoms with Gasteiger partial charge in [-0.05, 0) is 38.8 Å². The van der Waals surface area contributed by atoms with E-state index in [0.29, 0.717) is 25.6 Å². The van der Waals surface area contributed by atoms with Gasteiger partial charge in [0.1, 0.15) is 5.60 Å². The summed E-state index contributed by atoms with van der Waals surface area (Å²) in [5, 5.41) is 8.64. The number of ether oxygens (including phenoxy) is 1. The summed E-state index contributed by atoms with van der Waals surface area (Å²) in [6.07, 6.45) is 0.246. The van der Waals surface area contributed by atoms with Gasteiger partial charge in [0.25, 0.3) is 0 Å². The van der Waals surface area contributed by atoms with Gasteiger partial charge in [-0.15, -0.1) is 0 Å². The Morgan fingerprint density at radius 2 is 1.79 bits per heavy atom. The molecule has 0 aromatic heterocycles. The first kappa shape index (κ1) is 22.8. The molecule has 162 valence electrons.